The molecule has 0 atom stereocenters. The lowest BCUT2D eigenvalue weighted by molar-refractivity contribution is 0.214. The number of fused-ring (bicyclic) bond motifs is 1. The Labute approximate surface area is 219 Å². The van der Waals surface area contributed by atoms with Crippen LogP contribution >= 0.6 is 11.6 Å². The third-order valence-corrected chi connectivity index (χ3v) is 6.56. The minimum absolute atomic E-state index is 0.0995. The van der Waals surface area contributed by atoms with Gasteiger partial charge in [0.2, 0.25) is 0 Å². The van der Waals surface area contributed by atoms with Crippen molar-refractivity contribution in [3.63, 3.8) is 0 Å². The van der Waals surface area contributed by atoms with Gasteiger partial charge in [-0.15, -0.1) is 0 Å². The van der Waals surface area contributed by atoms with E-state index in [1.165, 1.54) is 0 Å². The first-order valence-electron chi connectivity index (χ1n) is 11.9. The molecular formula is C26H29ClN8O2. The summed E-state index contributed by atoms with van der Waals surface area (Å²) in [5.41, 5.74) is 2.77. The van der Waals surface area contributed by atoms with Crippen LogP contribution < -0.4 is 10.1 Å². The largest absolute Gasteiger partial charge is 0.470 e. The summed E-state index contributed by atoms with van der Waals surface area (Å²) in [5.74, 6) is 3.11. The van der Waals surface area contributed by atoms with E-state index in [1.54, 1.807) is 6.26 Å². The van der Waals surface area contributed by atoms with Crippen molar-refractivity contribution in [2.24, 2.45) is 9.98 Å². The molecule has 4 heterocycles. The molecule has 0 spiro atoms. The van der Waals surface area contributed by atoms with Gasteiger partial charge in [-0.3, -0.25) is 5.10 Å². The van der Waals surface area contributed by atoms with Crippen molar-refractivity contribution in [1.82, 2.24) is 25.0 Å². The number of aromatic amines is 2. The zero-order valence-electron chi connectivity index (χ0n) is 20.8. The highest BCUT2D eigenvalue weighted by Gasteiger charge is 2.18. The van der Waals surface area contributed by atoms with Crippen LogP contribution in [0.4, 0.5) is 5.82 Å². The van der Waals surface area contributed by atoms with Gasteiger partial charge in [0.1, 0.15) is 23.1 Å². The molecule has 0 saturated carbocycles. The van der Waals surface area contributed by atoms with Gasteiger partial charge >= 0.3 is 0 Å². The SMILES string of the molecule is C=N/C(=C\C(=N/COc1ccc2[nH]c(C)cc2c1Cl)N1CCN(C)CC1)Nc1cc(-c2ccco2)[nH]n1. The van der Waals surface area contributed by atoms with E-state index in [0.717, 1.165) is 54.3 Å². The number of likely N-dealkylation sites (N-methyl/N-ethyl adjacent to an activating group) is 1. The van der Waals surface area contributed by atoms with Gasteiger partial charge in [0.15, 0.2) is 18.3 Å². The van der Waals surface area contributed by atoms with E-state index in [2.05, 4.69) is 49.1 Å². The Morgan fingerprint density at radius 2 is 2.11 bits per heavy atom. The number of furan rings is 1. The molecule has 3 aromatic heterocycles. The normalized spacial score (nSPS) is 15.4. The van der Waals surface area contributed by atoms with Crippen molar-refractivity contribution in [3.05, 3.63) is 65.3 Å². The lowest BCUT2D eigenvalue weighted by Gasteiger charge is -2.33. The van der Waals surface area contributed by atoms with Gasteiger partial charge in [0.05, 0.1) is 11.3 Å². The maximum atomic E-state index is 6.60. The highest BCUT2D eigenvalue weighted by Crippen LogP contribution is 2.33. The third kappa shape index (κ3) is 5.71. The number of anilines is 1. The summed E-state index contributed by atoms with van der Waals surface area (Å²) < 4.78 is 11.4. The van der Waals surface area contributed by atoms with Gasteiger partial charge < -0.3 is 29.3 Å². The number of aliphatic imine (C=N–C) groups is 2. The van der Waals surface area contributed by atoms with Crippen molar-refractivity contribution in [3.8, 4) is 17.2 Å². The van der Waals surface area contributed by atoms with Gasteiger partial charge in [-0.1, -0.05) is 11.6 Å². The third-order valence-electron chi connectivity index (χ3n) is 6.17. The van der Waals surface area contributed by atoms with Gasteiger partial charge in [-0.2, -0.15) is 5.10 Å². The van der Waals surface area contributed by atoms with Crippen molar-refractivity contribution < 1.29 is 9.15 Å². The fourth-order valence-corrected chi connectivity index (χ4v) is 4.43. The number of H-pyrrole nitrogens is 2. The standard InChI is InChI=1S/C26H29ClN8O2/c1-17-13-18-19(30-17)6-7-22(26(18)27)37-16-29-25(35-10-8-34(3)9-11-35)15-23(28-2)31-24-14-20(32-33-24)21-5-4-12-36-21/h4-7,12-15,30H,2,8-11,16H2,1,3H3,(H2,31,32,33)/b23-15+,29-25+. The zero-order chi connectivity index (χ0) is 25.8. The zero-order valence-corrected chi connectivity index (χ0v) is 21.5. The van der Waals surface area contributed by atoms with Crippen LogP contribution in [0, 0.1) is 6.92 Å². The second-order valence-electron chi connectivity index (χ2n) is 8.83. The van der Waals surface area contributed by atoms with Gasteiger partial charge in [0, 0.05) is 54.9 Å². The smallest absolute Gasteiger partial charge is 0.181 e. The van der Waals surface area contributed by atoms with Gasteiger partial charge in [0.25, 0.3) is 0 Å². The number of piperazine rings is 1. The highest BCUT2D eigenvalue weighted by molar-refractivity contribution is 6.37. The number of halogens is 1. The van der Waals surface area contributed by atoms with Crippen LogP contribution in [0.1, 0.15) is 5.69 Å². The summed E-state index contributed by atoms with van der Waals surface area (Å²) >= 11 is 6.60. The molecule has 0 radical (unpaired) electrons. The second kappa shape index (κ2) is 10.9. The predicted molar refractivity (Wildman–Crippen MR) is 148 cm³/mol. The molecule has 5 rings (SSSR count). The van der Waals surface area contributed by atoms with E-state index in [9.17, 15) is 0 Å². The molecule has 0 bridgehead atoms. The fourth-order valence-electron chi connectivity index (χ4n) is 4.16. The van der Waals surface area contributed by atoms with E-state index >= 15 is 0 Å². The first-order chi connectivity index (χ1) is 18.0. The number of nitrogens with one attached hydrogen (secondary N) is 3. The Hall–Kier alpha value is -4.02. The van der Waals surface area contributed by atoms with Gasteiger partial charge in [-0.25, -0.2) is 9.98 Å². The fraction of sp³-hybridized carbons (Fsp3) is 0.269. The minimum atomic E-state index is 0.0995. The number of aromatic nitrogens is 3. The molecule has 1 fully saturated rings. The average molecular weight is 521 g/mol. The first-order valence-corrected chi connectivity index (χ1v) is 12.3. The Kier molecular flexibility index (Phi) is 7.29. The van der Waals surface area contributed by atoms with Crippen LogP contribution in [0.3, 0.4) is 0 Å². The van der Waals surface area contributed by atoms with Crippen molar-refractivity contribution in [2.75, 3.05) is 45.3 Å². The Balaban J connectivity index is 1.35. The number of hydrogen-bond acceptors (Lipinski definition) is 7. The summed E-state index contributed by atoms with van der Waals surface area (Å²) in [5, 5.41) is 11.9. The first kappa shape index (κ1) is 24.7. The number of benzene rings is 1. The summed E-state index contributed by atoms with van der Waals surface area (Å²) in [6.07, 6.45) is 3.47. The number of amidine groups is 1. The number of rotatable bonds is 8. The van der Waals surface area contributed by atoms with E-state index in [4.69, 9.17) is 25.7 Å². The predicted octanol–water partition coefficient (Wildman–Crippen LogP) is 4.75. The Morgan fingerprint density at radius 3 is 2.86 bits per heavy atom. The topological polar surface area (TPSA) is 110 Å². The van der Waals surface area contributed by atoms with E-state index < -0.39 is 0 Å². The molecule has 10 nitrogen and oxygen atoms in total. The Bertz CT molecular complexity index is 1430. The van der Waals surface area contributed by atoms with Crippen LogP contribution in [-0.4, -0.2) is 77.5 Å². The Morgan fingerprint density at radius 1 is 1.27 bits per heavy atom. The van der Waals surface area contributed by atoms with Crippen LogP contribution in [0.2, 0.25) is 5.02 Å². The number of aryl methyl sites for hydroxylation is 1. The molecule has 1 aliphatic rings. The van der Waals surface area contributed by atoms with Crippen molar-refractivity contribution in [1.29, 1.82) is 0 Å². The van der Waals surface area contributed by atoms with Crippen LogP contribution in [-0.2, 0) is 0 Å². The summed E-state index contributed by atoms with van der Waals surface area (Å²) in [6, 6.07) is 11.3. The number of ether oxygens (including phenoxy) is 1. The molecule has 37 heavy (non-hydrogen) atoms. The lowest BCUT2D eigenvalue weighted by atomic mass is 10.2. The molecule has 192 valence electrons. The van der Waals surface area contributed by atoms with Crippen LogP contribution in [0.25, 0.3) is 22.4 Å². The molecule has 11 heteroatoms. The number of hydrogen-bond donors (Lipinski definition) is 3. The molecule has 0 aliphatic carbocycles. The molecule has 0 unspecified atom stereocenters. The molecule has 3 N–H and O–H groups in total. The monoisotopic (exact) mass is 520 g/mol. The molecule has 4 aromatic rings. The highest BCUT2D eigenvalue weighted by atomic mass is 35.5. The average Bonchev–Trinajstić information content (AvgIpc) is 3.65. The summed E-state index contributed by atoms with van der Waals surface area (Å²) in [6.45, 7) is 9.34. The van der Waals surface area contributed by atoms with Crippen molar-refractivity contribution in [2.45, 2.75) is 6.92 Å². The van der Waals surface area contributed by atoms with E-state index in [1.807, 2.05) is 49.4 Å². The molecule has 1 aliphatic heterocycles. The molecular weight excluding hydrogens is 492 g/mol. The lowest BCUT2D eigenvalue weighted by Crippen LogP contribution is -2.47. The molecule has 1 saturated heterocycles. The quantitative estimate of drug-likeness (QED) is 0.228. The molecule has 1 aromatic carbocycles. The summed E-state index contributed by atoms with van der Waals surface area (Å²) in [7, 11) is 2.11. The van der Waals surface area contributed by atoms with Gasteiger partial charge in [-0.05, 0) is 51.0 Å². The maximum absolute atomic E-state index is 6.60. The summed E-state index contributed by atoms with van der Waals surface area (Å²) in [4.78, 5) is 16.7. The van der Waals surface area contributed by atoms with E-state index in [-0.39, 0.29) is 6.73 Å². The van der Waals surface area contributed by atoms with Crippen LogP contribution in [0.15, 0.2) is 69.0 Å². The van der Waals surface area contributed by atoms with Crippen LogP contribution in [0.5, 0.6) is 5.75 Å². The maximum Gasteiger partial charge on any atom is 0.181 e. The van der Waals surface area contributed by atoms with E-state index in [0.29, 0.717) is 28.2 Å². The minimum Gasteiger partial charge on any atom is -0.470 e. The number of nitrogens with zero attached hydrogens (tertiary/aromatic N) is 5. The van der Waals surface area contributed by atoms with Crippen molar-refractivity contribution >= 4 is 40.9 Å². The second-order valence-corrected chi connectivity index (χ2v) is 9.21. The molecule has 0 amide bonds.